The summed E-state index contributed by atoms with van der Waals surface area (Å²) in [5.41, 5.74) is 21.0. The van der Waals surface area contributed by atoms with Gasteiger partial charge in [-0.25, -0.2) is 0 Å². The first-order valence-corrected chi connectivity index (χ1v) is 27.6. The van der Waals surface area contributed by atoms with E-state index >= 15 is 0 Å². The summed E-state index contributed by atoms with van der Waals surface area (Å²) in [4.78, 5) is 0. The number of rotatable bonds is 10. The summed E-state index contributed by atoms with van der Waals surface area (Å²) in [6.45, 7) is 0. The molecule has 0 amide bonds. The average Bonchev–Trinajstić information content (AvgIpc) is 4.28. The lowest BCUT2D eigenvalue weighted by Gasteiger charge is -2.24. The van der Waals surface area contributed by atoms with Crippen molar-refractivity contribution in [2.24, 2.45) is 0 Å². The van der Waals surface area contributed by atoms with Crippen molar-refractivity contribution in [2.45, 2.75) is 0 Å². The molecule has 0 N–H and O–H groups in total. The van der Waals surface area contributed by atoms with Crippen molar-refractivity contribution in [3.05, 3.63) is 315 Å². The van der Waals surface area contributed by atoms with Crippen LogP contribution in [0, 0.1) is 0 Å². The number of aromatic nitrogens is 2. The summed E-state index contributed by atoms with van der Waals surface area (Å²) in [5, 5.41) is 9.73. The predicted octanol–water partition coefficient (Wildman–Crippen LogP) is 21.2. The first kappa shape index (κ1) is 46.7. The van der Waals surface area contributed by atoms with Gasteiger partial charge in [-0.1, -0.05) is 267 Å². The zero-order valence-corrected chi connectivity index (χ0v) is 43.9. The molecule has 0 aliphatic heterocycles. The van der Waals surface area contributed by atoms with Crippen LogP contribution in [0.25, 0.3) is 144 Å². The van der Waals surface area contributed by atoms with Gasteiger partial charge in [0.15, 0.2) is 0 Å². The average molecular weight is 1020 g/mol. The Kier molecular flexibility index (Phi) is 11.6. The minimum absolute atomic E-state index is 1.10. The van der Waals surface area contributed by atoms with Gasteiger partial charge in [0.2, 0.25) is 0 Å². The quantitative estimate of drug-likeness (QED) is 0.121. The van der Waals surface area contributed by atoms with Crippen molar-refractivity contribution in [3.8, 4) is 101 Å². The van der Waals surface area contributed by atoms with Crippen LogP contribution >= 0.6 is 0 Å². The van der Waals surface area contributed by atoms with Crippen LogP contribution in [0.15, 0.2) is 315 Å². The number of fused-ring (bicyclic) bond motifs is 4. The van der Waals surface area contributed by atoms with Crippen LogP contribution in [0.2, 0.25) is 0 Å². The highest BCUT2D eigenvalue weighted by molar-refractivity contribution is 6.30. The van der Waals surface area contributed by atoms with Gasteiger partial charge in [0.05, 0.1) is 22.8 Å². The van der Waals surface area contributed by atoms with Crippen molar-refractivity contribution < 1.29 is 0 Å². The Morgan fingerprint density at radius 3 is 0.800 bits per heavy atom. The Labute approximate surface area is 466 Å². The van der Waals surface area contributed by atoms with Crippen LogP contribution < -0.4 is 0 Å². The summed E-state index contributed by atoms with van der Waals surface area (Å²) in [6.07, 6.45) is 0. The zero-order chi connectivity index (χ0) is 52.9. The highest BCUT2D eigenvalue weighted by atomic mass is 15.0. The highest BCUT2D eigenvalue weighted by Gasteiger charge is 2.25. The summed E-state index contributed by atoms with van der Waals surface area (Å²) in [5.74, 6) is 0. The van der Waals surface area contributed by atoms with Crippen LogP contribution in [0.3, 0.4) is 0 Å². The molecule has 15 rings (SSSR count). The second-order valence-corrected chi connectivity index (χ2v) is 20.7. The predicted molar refractivity (Wildman–Crippen MR) is 339 cm³/mol. The lowest BCUT2D eigenvalue weighted by molar-refractivity contribution is 1.09. The normalized spacial score (nSPS) is 11.5. The molecule has 0 saturated heterocycles. The molecule has 0 saturated carbocycles. The Balaban J connectivity index is 1.02. The molecule has 2 nitrogen and oxygen atoms in total. The molecule has 0 atom stereocenters. The largest absolute Gasteiger partial charge is 0.309 e. The van der Waals surface area contributed by atoms with Gasteiger partial charge in [0, 0.05) is 11.4 Å². The Bertz CT molecular complexity index is 4330. The third-order valence-electron chi connectivity index (χ3n) is 16.2. The molecule has 0 aliphatic rings. The summed E-state index contributed by atoms with van der Waals surface area (Å²) in [7, 11) is 0. The van der Waals surface area contributed by atoms with Crippen molar-refractivity contribution in [1.82, 2.24) is 9.13 Å². The number of hydrogen-bond acceptors (Lipinski definition) is 0. The molecule has 2 heteroatoms. The van der Waals surface area contributed by atoms with Crippen molar-refractivity contribution >= 4 is 43.1 Å². The smallest absolute Gasteiger partial charge is 0.0535 e. The maximum Gasteiger partial charge on any atom is 0.0535 e. The SMILES string of the molecule is c1ccc(-c2ccc(-c3ccccc3)n2-c2ccc(-c3ccc(-c4ccc(-n5c(-c6ccccc6)ccc5-c5ccccc5)cc4)c4c(-c5cccc6ccccc56)c5ccccc5c(-c5cccc6ccccc56)c34)cc2)cc1. The van der Waals surface area contributed by atoms with E-state index < -0.39 is 0 Å². The van der Waals surface area contributed by atoms with Gasteiger partial charge in [-0.15, -0.1) is 0 Å². The molecule has 13 aromatic carbocycles. The van der Waals surface area contributed by atoms with Gasteiger partial charge in [-0.05, 0) is 158 Å². The highest BCUT2D eigenvalue weighted by Crippen LogP contribution is 2.52. The number of benzene rings is 13. The zero-order valence-electron chi connectivity index (χ0n) is 43.9. The first-order chi connectivity index (χ1) is 39.7. The molecule has 0 radical (unpaired) electrons. The van der Waals surface area contributed by atoms with Gasteiger partial charge in [-0.2, -0.15) is 0 Å². The lowest BCUT2D eigenvalue weighted by atomic mass is 9.79. The Hall–Kier alpha value is -10.5. The van der Waals surface area contributed by atoms with Gasteiger partial charge in [0.1, 0.15) is 0 Å². The molecule has 0 aliphatic carbocycles. The lowest BCUT2D eigenvalue weighted by Crippen LogP contribution is -2.00. The standard InChI is InChI=1S/C78H52N2/c1-5-23-57(24-6-1)71-49-50-72(58-25-7-2-8-26-58)79(71)61-43-39-55(40-44-61)65-47-48-66(56-41-45-62(46-42-56)80-73(59-27-9-3-10-28-59)51-52-74(80)60-29-11-4-12-30-60)78-76(68-38-20-32-54-22-14-16-34-64(54)68)70-36-18-17-35-69(70)75(77(65)78)67-37-19-31-53-21-13-15-33-63(53)67/h1-52H. The molecule has 374 valence electrons. The summed E-state index contributed by atoms with van der Waals surface area (Å²) < 4.78 is 4.82. The number of hydrogen-bond donors (Lipinski definition) is 0. The Morgan fingerprint density at radius 1 is 0.175 bits per heavy atom. The van der Waals surface area contributed by atoms with E-state index in [2.05, 4.69) is 325 Å². The fourth-order valence-corrected chi connectivity index (χ4v) is 12.6. The monoisotopic (exact) mass is 1020 g/mol. The fraction of sp³-hybridized carbons (Fsp3) is 0. The molecule has 80 heavy (non-hydrogen) atoms. The van der Waals surface area contributed by atoms with Crippen molar-refractivity contribution in [3.63, 3.8) is 0 Å². The van der Waals surface area contributed by atoms with Crippen LogP contribution in [0.4, 0.5) is 0 Å². The second-order valence-electron chi connectivity index (χ2n) is 20.7. The second kappa shape index (κ2) is 19.8. The van der Waals surface area contributed by atoms with E-state index in [0.717, 1.165) is 45.3 Å². The molecular weight excluding hydrogens is 965 g/mol. The van der Waals surface area contributed by atoms with Crippen LogP contribution in [0.1, 0.15) is 0 Å². The molecule has 2 heterocycles. The van der Waals surface area contributed by atoms with Crippen LogP contribution in [-0.2, 0) is 0 Å². The van der Waals surface area contributed by atoms with Crippen LogP contribution in [0.5, 0.6) is 0 Å². The van der Waals surface area contributed by atoms with E-state index in [0.29, 0.717) is 0 Å². The molecule has 0 fully saturated rings. The molecule has 0 bridgehead atoms. The maximum absolute atomic E-state index is 2.41. The first-order valence-electron chi connectivity index (χ1n) is 27.6. The van der Waals surface area contributed by atoms with Crippen LogP contribution in [-0.4, -0.2) is 9.13 Å². The van der Waals surface area contributed by atoms with Gasteiger partial charge >= 0.3 is 0 Å². The number of nitrogens with zero attached hydrogens (tertiary/aromatic N) is 2. The molecule has 0 unspecified atom stereocenters. The van der Waals surface area contributed by atoms with E-state index in [1.54, 1.807) is 0 Å². The third-order valence-corrected chi connectivity index (χ3v) is 16.2. The Morgan fingerprint density at radius 2 is 0.463 bits per heavy atom. The summed E-state index contributed by atoms with van der Waals surface area (Å²) in [6, 6.07) is 116. The minimum atomic E-state index is 1.10. The van der Waals surface area contributed by atoms with E-state index in [-0.39, 0.29) is 0 Å². The van der Waals surface area contributed by atoms with Gasteiger partial charge < -0.3 is 9.13 Å². The summed E-state index contributed by atoms with van der Waals surface area (Å²) >= 11 is 0. The van der Waals surface area contributed by atoms with Gasteiger partial charge in [0.25, 0.3) is 0 Å². The van der Waals surface area contributed by atoms with Crippen molar-refractivity contribution in [1.29, 1.82) is 0 Å². The molecule has 2 aromatic heterocycles. The molecular formula is C78H52N2. The van der Waals surface area contributed by atoms with E-state index in [1.165, 1.54) is 98.7 Å². The van der Waals surface area contributed by atoms with Crippen molar-refractivity contribution in [2.75, 3.05) is 0 Å². The van der Waals surface area contributed by atoms with E-state index in [4.69, 9.17) is 0 Å². The molecule has 15 aromatic rings. The van der Waals surface area contributed by atoms with E-state index in [1.807, 2.05) is 0 Å². The minimum Gasteiger partial charge on any atom is -0.309 e. The maximum atomic E-state index is 2.41. The van der Waals surface area contributed by atoms with E-state index in [9.17, 15) is 0 Å². The topological polar surface area (TPSA) is 9.86 Å². The third kappa shape index (κ3) is 7.96. The molecule has 0 spiro atoms. The fourth-order valence-electron chi connectivity index (χ4n) is 12.6. The van der Waals surface area contributed by atoms with Gasteiger partial charge in [-0.3, -0.25) is 0 Å².